The van der Waals surface area contributed by atoms with E-state index in [0.717, 1.165) is 11.3 Å². The molecule has 1 heterocycles. The summed E-state index contributed by atoms with van der Waals surface area (Å²) in [6, 6.07) is 7.79. The van der Waals surface area contributed by atoms with Crippen molar-refractivity contribution in [3.63, 3.8) is 0 Å². The number of nitrogens with one attached hydrogen (secondary N) is 1. The van der Waals surface area contributed by atoms with Crippen LogP contribution in [0.4, 0.5) is 5.95 Å². The van der Waals surface area contributed by atoms with Crippen LogP contribution in [0.1, 0.15) is 12.5 Å². The van der Waals surface area contributed by atoms with Gasteiger partial charge in [0, 0.05) is 0 Å². The maximum absolute atomic E-state index is 5.52. The van der Waals surface area contributed by atoms with Crippen molar-refractivity contribution < 1.29 is 4.74 Å². The number of rotatable bonds is 5. The van der Waals surface area contributed by atoms with Gasteiger partial charge >= 0.3 is 0 Å². The summed E-state index contributed by atoms with van der Waals surface area (Å²) < 4.78 is 5.41. The minimum absolute atomic E-state index is 0.228. The van der Waals surface area contributed by atoms with Crippen molar-refractivity contribution in [2.75, 3.05) is 17.8 Å². The number of benzene rings is 1. The summed E-state index contributed by atoms with van der Waals surface area (Å²) in [5.74, 6) is 1.07. The Morgan fingerprint density at radius 2 is 2.35 bits per heavy atom. The molecule has 0 aliphatic heterocycles. The highest BCUT2D eigenvalue weighted by Gasteiger charge is 2.00. The lowest BCUT2D eigenvalue weighted by molar-refractivity contribution is 0.340. The summed E-state index contributed by atoms with van der Waals surface area (Å²) in [4.78, 5) is 1.33. The van der Waals surface area contributed by atoms with Crippen molar-refractivity contribution in [3.05, 3.63) is 29.8 Å². The number of nitrogens with zero attached hydrogens (tertiary/aromatic N) is 4. The van der Waals surface area contributed by atoms with Gasteiger partial charge < -0.3 is 15.9 Å². The molecule has 0 aliphatic rings. The van der Waals surface area contributed by atoms with Gasteiger partial charge in [-0.25, -0.2) is 0 Å². The zero-order chi connectivity index (χ0) is 12.1. The Bertz CT molecular complexity index is 483. The molecule has 0 radical (unpaired) electrons. The molecule has 0 bridgehead atoms. The van der Waals surface area contributed by atoms with E-state index in [0.29, 0.717) is 13.2 Å². The molecule has 17 heavy (non-hydrogen) atoms. The fraction of sp³-hybridized carbons (Fsp3) is 0.300. The van der Waals surface area contributed by atoms with Crippen LogP contribution in [0.25, 0.3) is 0 Å². The molecule has 0 spiro atoms. The molecule has 90 valence electrons. The molecule has 7 heteroatoms. The van der Waals surface area contributed by atoms with Crippen molar-refractivity contribution >= 4 is 5.95 Å². The van der Waals surface area contributed by atoms with Gasteiger partial charge in [-0.05, 0) is 35.0 Å². The SMILES string of the molecule is CCOc1cccc(CNn2nnnc2N)c1. The molecule has 3 N–H and O–H groups in total. The van der Waals surface area contributed by atoms with E-state index in [1.807, 2.05) is 31.2 Å². The monoisotopic (exact) mass is 234 g/mol. The third-order valence-corrected chi connectivity index (χ3v) is 2.14. The average molecular weight is 234 g/mol. The number of aromatic nitrogens is 4. The van der Waals surface area contributed by atoms with Gasteiger partial charge in [0.25, 0.3) is 5.95 Å². The first-order valence-electron chi connectivity index (χ1n) is 5.29. The van der Waals surface area contributed by atoms with Crippen LogP contribution < -0.4 is 15.9 Å². The van der Waals surface area contributed by atoms with Gasteiger partial charge in [0.05, 0.1) is 13.2 Å². The van der Waals surface area contributed by atoms with Crippen LogP contribution in [-0.4, -0.2) is 26.9 Å². The molecule has 0 aliphatic carbocycles. The predicted molar refractivity (Wildman–Crippen MR) is 62.9 cm³/mol. The van der Waals surface area contributed by atoms with Gasteiger partial charge in [-0.2, -0.15) is 0 Å². The Hall–Kier alpha value is -2.31. The standard InChI is InChI=1S/C10H14N6O/c1-2-17-9-5-3-4-8(6-9)7-12-16-10(11)13-14-15-16/h3-6,12H,2,7H2,1H3,(H2,11,13,15). The minimum Gasteiger partial charge on any atom is -0.494 e. The summed E-state index contributed by atoms with van der Waals surface area (Å²) in [6.45, 7) is 3.17. The second-order valence-electron chi connectivity index (χ2n) is 3.36. The molecule has 0 fully saturated rings. The molecule has 0 atom stereocenters. The molecule has 0 unspecified atom stereocenters. The Morgan fingerprint density at radius 1 is 1.47 bits per heavy atom. The first kappa shape index (κ1) is 11.2. The van der Waals surface area contributed by atoms with Crippen molar-refractivity contribution in [2.45, 2.75) is 13.5 Å². The van der Waals surface area contributed by atoms with Crippen LogP contribution in [0.5, 0.6) is 5.75 Å². The second kappa shape index (κ2) is 5.15. The third kappa shape index (κ3) is 2.83. The summed E-state index contributed by atoms with van der Waals surface area (Å²) in [6.07, 6.45) is 0. The highest BCUT2D eigenvalue weighted by Crippen LogP contribution is 2.13. The molecule has 0 saturated heterocycles. The van der Waals surface area contributed by atoms with Crippen molar-refractivity contribution in [1.82, 2.24) is 20.3 Å². The van der Waals surface area contributed by atoms with Crippen LogP contribution in [0.15, 0.2) is 24.3 Å². The summed E-state index contributed by atoms with van der Waals surface area (Å²) >= 11 is 0. The quantitative estimate of drug-likeness (QED) is 0.778. The van der Waals surface area contributed by atoms with Crippen LogP contribution >= 0.6 is 0 Å². The van der Waals surface area contributed by atoms with Gasteiger partial charge in [-0.15, -0.1) is 4.79 Å². The molecule has 2 aromatic rings. The Balaban J connectivity index is 1.99. The number of nitrogen functional groups attached to an aromatic ring is 1. The predicted octanol–water partition coefficient (Wildman–Crippen LogP) is 0.398. The van der Waals surface area contributed by atoms with Gasteiger partial charge in [0.1, 0.15) is 5.75 Å². The topological polar surface area (TPSA) is 90.9 Å². The lowest BCUT2D eigenvalue weighted by Crippen LogP contribution is -2.18. The highest BCUT2D eigenvalue weighted by molar-refractivity contribution is 5.29. The van der Waals surface area contributed by atoms with Crippen molar-refractivity contribution in [2.24, 2.45) is 0 Å². The fourth-order valence-corrected chi connectivity index (χ4v) is 1.38. The number of ether oxygens (including phenoxy) is 1. The molecule has 0 amide bonds. The van der Waals surface area contributed by atoms with Crippen molar-refractivity contribution in [3.8, 4) is 5.75 Å². The largest absolute Gasteiger partial charge is 0.494 e. The first-order valence-corrected chi connectivity index (χ1v) is 5.29. The number of hydrogen-bond donors (Lipinski definition) is 2. The van der Waals surface area contributed by atoms with Gasteiger partial charge in [-0.3, -0.25) is 0 Å². The Labute approximate surface area is 98.5 Å². The molecule has 2 rings (SSSR count). The second-order valence-corrected chi connectivity index (χ2v) is 3.36. The van der Waals surface area contributed by atoms with Crippen LogP contribution in [0.3, 0.4) is 0 Å². The van der Waals surface area contributed by atoms with Crippen molar-refractivity contribution in [1.29, 1.82) is 0 Å². The van der Waals surface area contributed by atoms with E-state index >= 15 is 0 Å². The highest BCUT2D eigenvalue weighted by atomic mass is 16.5. The number of hydrogen-bond acceptors (Lipinski definition) is 6. The van der Waals surface area contributed by atoms with E-state index in [1.54, 1.807) is 0 Å². The number of tetrazole rings is 1. The Morgan fingerprint density at radius 3 is 3.06 bits per heavy atom. The van der Waals surface area contributed by atoms with E-state index in [9.17, 15) is 0 Å². The molecule has 0 saturated carbocycles. The average Bonchev–Trinajstić information content (AvgIpc) is 2.73. The van der Waals surface area contributed by atoms with E-state index in [4.69, 9.17) is 10.5 Å². The molecular formula is C10H14N6O. The fourth-order valence-electron chi connectivity index (χ4n) is 1.38. The summed E-state index contributed by atoms with van der Waals surface area (Å²) in [5.41, 5.74) is 9.56. The molecular weight excluding hydrogens is 220 g/mol. The Kier molecular flexibility index (Phi) is 3.39. The molecule has 1 aromatic heterocycles. The smallest absolute Gasteiger partial charge is 0.260 e. The van der Waals surface area contributed by atoms with Crippen LogP contribution in [-0.2, 0) is 6.54 Å². The zero-order valence-electron chi connectivity index (χ0n) is 9.50. The van der Waals surface area contributed by atoms with E-state index in [2.05, 4.69) is 21.0 Å². The number of nitrogens with two attached hydrogens (primary N) is 1. The van der Waals surface area contributed by atoms with Gasteiger partial charge in [0.2, 0.25) is 0 Å². The first-order chi connectivity index (χ1) is 8.29. The minimum atomic E-state index is 0.228. The third-order valence-electron chi connectivity index (χ3n) is 2.14. The van der Waals surface area contributed by atoms with E-state index in [-0.39, 0.29) is 5.95 Å². The lowest BCUT2D eigenvalue weighted by Gasteiger charge is -2.08. The number of anilines is 1. The van der Waals surface area contributed by atoms with Gasteiger partial charge in [-0.1, -0.05) is 17.2 Å². The normalized spacial score (nSPS) is 10.2. The van der Waals surface area contributed by atoms with E-state index < -0.39 is 0 Å². The van der Waals surface area contributed by atoms with Crippen LogP contribution in [0, 0.1) is 0 Å². The summed E-state index contributed by atoms with van der Waals surface area (Å²) in [7, 11) is 0. The lowest BCUT2D eigenvalue weighted by atomic mass is 10.2. The maximum Gasteiger partial charge on any atom is 0.260 e. The van der Waals surface area contributed by atoms with E-state index in [1.165, 1.54) is 4.79 Å². The zero-order valence-corrected chi connectivity index (χ0v) is 9.50. The van der Waals surface area contributed by atoms with Crippen LogP contribution in [0.2, 0.25) is 0 Å². The van der Waals surface area contributed by atoms with Gasteiger partial charge in [0.15, 0.2) is 0 Å². The molecule has 1 aromatic carbocycles. The summed E-state index contributed by atoms with van der Waals surface area (Å²) in [5, 5.41) is 10.7. The molecule has 7 nitrogen and oxygen atoms in total. The maximum atomic E-state index is 5.52.